The van der Waals surface area contributed by atoms with Gasteiger partial charge in [0, 0.05) is 35.9 Å². The van der Waals surface area contributed by atoms with Crippen molar-refractivity contribution in [3.05, 3.63) is 48.3 Å². The third-order valence-corrected chi connectivity index (χ3v) is 2.55. The first-order valence-electron chi connectivity index (χ1n) is 5.96. The van der Waals surface area contributed by atoms with Gasteiger partial charge in [0.2, 0.25) is 0 Å². The van der Waals surface area contributed by atoms with Crippen LogP contribution in [0.25, 0.3) is 0 Å². The lowest BCUT2D eigenvalue weighted by molar-refractivity contribution is 0.336. The van der Waals surface area contributed by atoms with Crippen LogP contribution < -0.4 is 15.8 Å². The Morgan fingerprint density at radius 3 is 2.61 bits per heavy atom. The Bertz CT molecular complexity index is 500. The summed E-state index contributed by atoms with van der Waals surface area (Å²) in [5.74, 6) is 0.847. The van der Waals surface area contributed by atoms with Crippen molar-refractivity contribution in [2.75, 3.05) is 11.9 Å². The zero-order chi connectivity index (χ0) is 12.8. The van der Waals surface area contributed by atoms with E-state index in [1.165, 1.54) is 0 Å². The molecule has 0 aliphatic rings. The van der Waals surface area contributed by atoms with Crippen LogP contribution in [0.3, 0.4) is 0 Å². The van der Waals surface area contributed by atoms with Gasteiger partial charge in [-0.1, -0.05) is 0 Å². The SMILES string of the molecule is CCOc1ccc(Nc2ccncc2)cc1CN. The molecule has 0 bridgehead atoms. The number of ether oxygens (including phenoxy) is 1. The third kappa shape index (κ3) is 2.99. The smallest absolute Gasteiger partial charge is 0.123 e. The number of rotatable bonds is 5. The second kappa shape index (κ2) is 6.02. The first-order valence-corrected chi connectivity index (χ1v) is 5.96. The van der Waals surface area contributed by atoms with Crippen molar-refractivity contribution in [1.29, 1.82) is 0 Å². The Kier molecular flexibility index (Phi) is 4.15. The molecule has 0 fully saturated rings. The van der Waals surface area contributed by atoms with E-state index < -0.39 is 0 Å². The monoisotopic (exact) mass is 243 g/mol. The van der Waals surface area contributed by atoms with Crippen LogP contribution in [0.15, 0.2) is 42.7 Å². The van der Waals surface area contributed by atoms with Crippen LogP contribution in [0, 0.1) is 0 Å². The lowest BCUT2D eigenvalue weighted by Crippen LogP contribution is -2.03. The van der Waals surface area contributed by atoms with E-state index in [-0.39, 0.29) is 0 Å². The average Bonchev–Trinajstić information content (AvgIpc) is 2.42. The fourth-order valence-corrected chi connectivity index (χ4v) is 1.71. The minimum Gasteiger partial charge on any atom is -0.494 e. The number of hydrogen-bond acceptors (Lipinski definition) is 4. The maximum atomic E-state index is 5.73. The Balaban J connectivity index is 2.19. The van der Waals surface area contributed by atoms with Crippen LogP contribution in [0.5, 0.6) is 5.75 Å². The average molecular weight is 243 g/mol. The van der Waals surface area contributed by atoms with Gasteiger partial charge in [0.05, 0.1) is 6.61 Å². The van der Waals surface area contributed by atoms with Crippen molar-refractivity contribution in [2.45, 2.75) is 13.5 Å². The largest absolute Gasteiger partial charge is 0.494 e. The number of hydrogen-bond donors (Lipinski definition) is 2. The summed E-state index contributed by atoms with van der Waals surface area (Å²) < 4.78 is 5.52. The van der Waals surface area contributed by atoms with Crippen molar-refractivity contribution in [1.82, 2.24) is 4.98 Å². The van der Waals surface area contributed by atoms with Crippen LogP contribution in [0.4, 0.5) is 11.4 Å². The van der Waals surface area contributed by atoms with Gasteiger partial charge in [-0.25, -0.2) is 0 Å². The Hall–Kier alpha value is -2.07. The van der Waals surface area contributed by atoms with E-state index in [1.54, 1.807) is 12.4 Å². The molecule has 0 radical (unpaired) electrons. The van der Waals surface area contributed by atoms with Gasteiger partial charge in [0.15, 0.2) is 0 Å². The highest BCUT2D eigenvalue weighted by atomic mass is 16.5. The molecule has 3 N–H and O–H groups in total. The van der Waals surface area contributed by atoms with E-state index in [2.05, 4.69) is 10.3 Å². The molecule has 94 valence electrons. The number of nitrogens with zero attached hydrogens (tertiary/aromatic N) is 1. The molecule has 18 heavy (non-hydrogen) atoms. The molecule has 0 spiro atoms. The van der Waals surface area contributed by atoms with Crippen LogP contribution in [0.2, 0.25) is 0 Å². The number of pyridine rings is 1. The standard InChI is InChI=1S/C14H17N3O/c1-2-18-14-4-3-13(9-11(14)10-15)17-12-5-7-16-8-6-12/h3-9H,2,10,15H2,1H3,(H,16,17). The van der Waals surface area contributed by atoms with E-state index in [4.69, 9.17) is 10.5 Å². The molecule has 2 aromatic rings. The maximum Gasteiger partial charge on any atom is 0.123 e. The molecule has 1 aromatic carbocycles. The molecule has 1 aromatic heterocycles. The minimum atomic E-state index is 0.460. The summed E-state index contributed by atoms with van der Waals surface area (Å²) in [5.41, 5.74) is 8.71. The van der Waals surface area contributed by atoms with E-state index in [1.807, 2.05) is 37.3 Å². The molecule has 0 saturated heterocycles. The molecular formula is C14H17N3O. The molecule has 0 unspecified atom stereocenters. The van der Waals surface area contributed by atoms with Crippen molar-refractivity contribution in [3.63, 3.8) is 0 Å². The summed E-state index contributed by atoms with van der Waals surface area (Å²) in [5, 5.41) is 3.30. The predicted molar refractivity (Wildman–Crippen MR) is 73.0 cm³/mol. The van der Waals surface area contributed by atoms with Gasteiger partial charge >= 0.3 is 0 Å². The quantitative estimate of drug-likeness (QED) is 0.847. The first-order chi connectivity index (χ1) is 8.83. The molecular weight excluding hydrogens is 226 g/mol. The fraction of sp³-hybridized carbons (Fsp3) is 0.214. The van der Waals surface area contributed by atoms with E-state index in [9.17, 15) is 0 Å². The topological polar surface area (TPSA) is 60.2 Å². The Labute approximate surface area is 107 Å². The summed E-state index contributed by atoms with van der Waals surface area (Å²) >= 11 is 0. The minimum absolute atomic E-state index is 0.460. The van der Waals surface area contributed by atoms with Gasteiger partial charge in [-0.15, -0.1) is 0 Å². The Morgan fingerprint density at radius 2 is 1.94 bits per heavy atom. The lowest BCUT2D eigenvalue weighted by Gasteiger charge is -2.12. The van der Waals surface area contributed by atoms with Crippen LogP contribution in [-0.4, -0.2) is 11.6 Å². The highest BCUT2D eigenvalue weighted by Crippen LogP contribution is 2.24. The van der Waals surface area contributed by atoms with E-state index >= 15 is 0 Å². The first kappa shape index (κ1) is 12.4. The zero-order valence-electron chi connectivity index (χ0n) is 10.4. The van der Waals surface area contributed by atoms with Gasteiger partial charge in [0.25, 0.3) is 0 Å². The van der Waals surface area contributed by atoms with Crippen molar-refractivity contribution in [3.8, 4) is 5.75 Å². The summed E-state index contributed by atoms with van der Waals surface area (Å²) in [4.78, 5) is 3.98. The summed E-state index contributed by atoms with van der Waals surface area (Å²) in [6.45, 7) is 3.06. The van der Waals surface area contributed by atoms with Crippen LogP contribution in [0.1, 0.15) is 12.5 Å². The highest BCUT2D eigenvalue weighted by molar-refractivity contribution is 5.61. The molecule has 4 heteroatoms. The zero-order valence-corrected chi connectivity index (χ0v) is 10.4. The van der Waals surface area contributed by atoms with Gasteiger partial charge in [-0.2, -0.15) is 0 Å². The maximum absolute atomic E-state index is 5.73. The van der Waals surface area contributed by atoms with Crippen molar-refractivity contribution in [2.24, 2.45) is 5.73 Å². The van der Waals surface area contributed by atoms with Crippen molar-refractivity contribution >= 4 is 11.4 Å². The second-order valence-corrected chi connectivity index (χ2v) is 3.82. The van der Waals surface area contributed by atoms with Crippen molar-refractivity contribution < 1.29 is 4.74 Å². The molecule has 0 amide bonds. The third-order valence-electron chi connectivity index (χ3n) is 2.55. The summed E-state index contributed by atoms with van der Waals surface area (Å²) in [6, 6.07) is 9.75. The molecule has 0 aliphatic carbocycles. The van der Waals surface area contributed by atoms with Gasteiger partial charge in [-0.05, 0) is 37.3 Å². The Morgan fingerprint density at radius 1 is 1.17 bits per heavy atom. The number of nitrogens with two attached hydrogens (primary N) is 1. The highest BCUT2D eigenvalue weighted by Gasteiger charge is 2.03. The van der Waals surface area contributed by atoms with Gasteiger partial charge in [-0.3, -0.25) is 4.98 Å². The molecule has 0 atom stereocenters. The molecule has 0 saturated carbocycles. The number of benzene rings is 1. The fourth-order valence-electron chi connectivity index (χ4n) is 1.71. The molecule has 0 aliphatic heterocycles. The lowest BCUT2D eigenvalue weighted by atomic mass is 10.1. The van der Waals surface area contributed by atoms with E-state index in [0.29, 0.717) is 13.2 Å². The summed E-state index contributed by atoms with van der Waals surface area (Å²) in [6.07, 6.45) is 3.50. The predicted octanol–water partition coefficient (Wildman–Crippen LogP) is 2.68. The molecule has 2 rings (SSSR count). The van der Waals surface area contributed by atoms with Crippen LogP contribution >= 0.6 is 0 Å². The number of aromatic nitrogens is 1. The molecule has 4 nitrogen and oxygen atoms in total. The van der Waals surface area contributed by atoms with Gasteiger partial charge < -0.3 is 15.8 Å². The number of nitrogens with one attached hydrogen (secondary N) is 1. The number of anilines is 2. The summed E-state index contributed by atoms with van der Waals surface area (Å²) in [7, 11) is 0. The van der Waals surface area contributed by atoms with Gasteiger partial charge in [0.1, 0.15) is 5.75 Å². The van der Waals surface area contributed by atoms with Crippen LogP contribution in [-0.2, 0) is 6.54 Å². The second-order valence-electron chi connectivity index (χ2n) is 3.82. The normalized spacial score (nSPS) is 10.1. The molecule has 1 heterocycles. The van der Waals surface area contributed by atoms with E-state index in [0.717, 1.165) is 22.7 Å².